The zero-order chi connectivity index (χ0) is 44.0. The molecular weight excluding hydrogens is 836 g/mol. The molecule has 5 heteroatoms. The molecule has 3 heterocycles. The molecule has 1 radical (unpaired) electrons. The third kappa shape index (κ3) is 6.45. The minimum absolute atomic E-state index is 1.04. The van der Waals surface area contributed by atoms with Crippen LogP contribution in [0.2, 0.25) is 0 Å². The number of fused-ring (bicyclic) bond motifs is 9. The molecule has 311 valence electrons. The Balaban J connectivity index is 1.09. The second kappa shape index (κ2) is 15.3. The molecule has 2 aromatic heterocycles. The highest BCUT2D eigenvalue weighted by Crippen LogP contribution is 2.47. The summed E-state index contributed by atoms with van der Waals surface area (Å²) in [5, 5.41) is 11.6. The smallest absolute Gasteiger partial charge is 0.197 e. The van der Waals surface area contributed by atoms with E-state index in [2.05, 4.69) is 232 Å². The second-order valence-electron chi connectivity index (χ2n) is 17.8. The van der Waals surface area contributed by atoms with Gasteiger partial charge < -0.3 is 10.2 Å². The first-order chi connectivity index (χ1) is 32.4. The lowest BCUT2D eigenvalue weighted by atomic mass is 9.57. The Bertz CT molecular complexity index is 3900. The fourth-order valence-corrected chi connectivity index (χ4v) is 12.8. The zero-order valence-corrected chi connectivity index (χ0v) is 38.4. The number of aryl methyl sites for hydroxylation is 3. The molecule has 1 N–H and O–H groups in total. The summed E-state index contributed by atoms with van der Waals surface area (Å²) in [5.41, 5.74) is 19.1. The van der Waals surface area contributed by atoms with Crippen molar-refractivity contribution in [3.63, 3.8) is 0 Å². The first-order valence-corrected chi connectivity index (χ1v) is 24.3. The van der Waals surface area contributed by atoms with Gasteiger partial charge in [-0.25, -0.2) is 0 Å². The average Bonchev–Trinajstić information content (AvgIpc) is 3.90. The number of thiophene rings is 2. The van der Waals surface area contributed by atoms with Gasteiger partial charge in [-0.2, -0.15) is 0 Å². The van der Waals surface area contributed by atoms with Gasteiger partial charge in [0.1, 0.15) is 0 Å². The van der Waals surface area contributed by atoms with Gasteiger partial charge in [-0.15, -0.1) is 22.7 Å². The number of hydrogen-bond donors (Lipinski definition) is 1. The molecule has 10 aromatic carbocycles. The van der Waals surface area contributed by atoms with E-state index in [1.807, 2.05) is 22.7 Å². The van der Waals surface area contributed by atoms with Crippen molar-refractivity contribution in [3.8, 4) is 33.4 Å². The SMILES string of the molecule is Cc1cc(C)c(-c2cc(-c3cc4ccccc4cc3Nc3ccc(-c4ccccc4)cc3)c3c(c2)N(c2ccc4c(c2)sc2ccccc24)c2cc4sc5ccccc5c4cc2[B]3)c(C)c1. The molecule has 0 saturated carbocycles. The van der Waals surface area contributed by atoms with E-state index < -0.39 is 0 Å². The van der Waals surface area contributed by atoms with Crippen LogP contribution in [0.5, 0.6) is 0 Å². The van der Waals surface area contributed by atoms with Crippen LogP contribution < -0.4 is 21.1 Å². The molecule has 0 amide bonds. The molecule has 12 aromatic rings. The highest BCUT2D eigenvalue weighted by molar-refractivity contribution is 7.26. The first kappa shape index (κ1) is 39.0. The number of nitrogens with one attached hydrogen (secondary N) is 1. The van der Waals surface area contributed by atoms with Gasteiger partial charge in [0.25, 0.3) is 0 Å². The van der Waals surface area contributed by atoms with Crippen LogP contribution in [0.3, 0.4) is 0 Å². The molecule has 66 heavy (non-hydrogen) atoms. The Morgan fingerprint density at radius 3 is 1.80 bits per heavy atom. The number of anilines is 5. The van der Waals surface area contributed by atoms with Crippen LogP contribution in [0.4, 0.5) is 28.4 Å². The predicted molar refractivity (Wildman–Crippen MR) is 290 cm³/mol. The molecule has 0 unspecified atom stereocenters. The van der Waals surface area contributed by atoms with Gasteiger partial charge in [0.05, 0.1) is 0 Å². The van der Waals surface area contributed by atoms with E-state index in [1.165, 1.54) is 118 Å². The Labute approximate surface area is 393 Å². The van der Waals surface area contributed by atoms with E-state index in [-0.39, 0.29) is 0 Å². The van der Waals surface area contributed by atoms with Crippen molar-refractivity contribution < 1.29 is 0 Å². The summed E-state index contributed by atoms with van der Waals surface area (Å²) in [6.45, 7) is 6.74. The molecule has 1 aliphatic rings. The summed E-state index contributed by atoms with van der Waals surface area (Å²) in [6.07, 6.45) is 0. The summed E-state index contributed by atoms with van der Waals surface area (Å²) in [6, 6.07) is 72.1. The summed E-state index contributed by atoms with van der Waals surface area (Å²) in [7, 11) is 2.46. The molecular formula is C61H42BN2S2. The Morgan fingerprint density at radius 2 is 1.06 bits per heavy atom. The van der Waals surface area contributed by atoms with Gasteiger partial charge >= 0.3 is 0 Å². The number of hydrogen-bond acceptors (Lipinski definition) is 4. The highest BCUT2D eigenvalue weighted by Gasteiger charge is 2.31. The van der Waals surface area contributed by atoms with Crippen molar-refractivity contribution in [2.45, 2.75) is 20.8 Å². The Morgan fingerprint density at radius 1 is 0.439 bits per heavy atom. The molecule has 13 rings (SSSR count). The lowest BCUT2D eigenvalue weighted by Crippen LogP contribution is -2.41. The van der Waals surface area contributed by atoms with Crippen LogP contribution in [0.1, 0.15) is 16.7 Å². The van der Waals surface area contributed by atoms with Crippen LogP contribution in [0.15, 0.2) is 194 Å². The zero-order valence-electron chi connectivity index (χ0n) is 36.8. The maximum Gasteiger partial charge on any atom is 0.197 e. The molecule has 0 fully saturated rings. The van der Waals surface area contributed by atoms with Crippen LogP contribution >= 0.6 is 22.7 Å². The summed E-state index contributed by atoms with van der Waals surface area (Å²) >= 11 is 3.76. The van der Waals surface area contributed by atoms with Gasteiger partial charge in [0, 0.05) is 69.0 Å². The van der Waals surface area contributed by atoms with Crippen molar-refractivity contribution in [2.75, 3.05) is 10.2 Å². The van der Waals surface area contributed by atoms with E-state index in [0.29, 0.717) is 0 Å². The van der Waals surface area contributed by atoms with Crippen LogP contribution in [0, 0.1) is 20.8 Å². The van der Waals surface area contributed by atoms with Crippen molar-refractivity contribution in [2.24, 2.45) is 0 Å². The number of rotatable bonds is 6. The minimum atomic E-state index is 1.04. The van der Waals surface area contributed by atoms with Crippen LogP contribution in [-0.4, -0.2) is 7.28 Å². The molecule has 1 aliphatic heterocycles. The van der Waals surface area contributed by atoms with Gasteiger partial charge in [0.2, 0.25) is 0 Å². The van der Waals surface area contributed by atoms with E-state index in [0.717, 1.165) is 22.6 Å². The molecule has 0 saturated heterocycles. The third-order valence-electron chi connectivity index (χ3n) is 13.5. The normalized spacial score (nSPS) is 12.3. The third-order valence-corrected chi connectivity index (χ3v) is 15.8. The average molecular weight is 878 g/mol. The van der Waals surface area contributed by atoms with E-state index in [4.69, 9.17) is 0 Å². The fourth-order valence-electron chi connectivity index (χ4n) is 10.6. The van der Waals surface area contributed by atoms with Gasteiger partial charge in [0.15, 0.2) is 7.28 Å². The number of benzene rings is 10. The molecule has 2 nitrogen and oxygen atoms in total. The van der Waals surface area contributed by atoms with Gasteiger partial charge in [-0.1, -0.05) is 138 Å². The minimum Gasteiger partial charge on any atom is -0.355 e. The monoisotopic (exact) mass is 877 g/mol. The largest absolute Gasteiger partial charge is 0.355 e. The standard InChI is InChI=1S/C61H42BN2S2/c1-36-27-37(2)60(38(3)28-36)43-30-51(49-29-41-15-7-8-16-42(41)31-53(49)63-44-23-21-40(22-24-44)39-13-5-4-6-14-39)61-55(32-43)64(45-25-26-48-46-17-9-11-19-56(46)65-58(48)33-45)54-35-59-50(34-52(54)62-61)47-18-10-12-20-57(47)66-59/h4-35,63H,1-3H3. The van der Waals surface area contributed by atoms with Crippen molar-refractivity contribution in [1.29, 1.82) is 0 Å². The molecule has 0 spiro atoms. The second-order valence-corrected chi connectivity index (χ2v) is 20.0. The Kier molecular flexibility index (Phi) is 9.06. The lowest BCUT2D eigenvalue weighted by molar-refractivity contribution is 1.30. The summed E-state index contributed by atoms with van der Waals surface area (Å²) in [4.78, 5) is 2.56. The molecule has 0 bridgehead atoms. The van der Waals surface area contributed by atoms with E-state index >= 15 is 0 Å². The number of nitrogens with zero attached hydrogens (tertiary/aromatic N) is 1. The topological polar surface area (TPSA) is 15.3 Å². The van der Waals surface area contributed by atoms with Crippen molar-refractivity contribution in [1.82, 2.24) is 0 Å². The molecule has 0 atom stereocenters. The van der Waals surface area contributed by atoms with Gasteiger partial charge in [-0.3, -0.25) is 0 Å². The van der Waals surface area contributed by atoms with E-state index in [9.17, 15) is 0 Å². The lowest BCUT2D eigenvalue weighted by Gasteiger charge is -2.36. The maximum atomic E-state index is 3.95. The van der Waals surface area contributed by atoms with Crippen LogP contribution in [0.25, 0.3) is 84.5 Å². The summed E-state index contributed by atoms with van der Waals surface area (Å²) in [5.74, 6) is 0. The molecule has 0 aliphatic carbocycles. The highest BCUT2D eigenvalue weighted by atomic mass is 32.1. The quantitative estimate of drug-likeness (QED) is 0.167. The van der Waals surface area contributed by atoms with Crippen LogP contribution in [-0.2, 0) is 0 Å². The van der Waals surface area contributed by atoms with Crippen molar-refractivity contribution >= 4 is 120 Å². The van der Waals surface area contributed by atoms with E-state index in [1.54, 1.807) is 0 Å². The van der Waals surface area contributed by atoms with Crippen molar-refractivity contribution in [3.05, 3.63) is 211 Å². The predicted octanol–water partition coefficient (Wildman–Crippen LogP) is 16.7. The fraction of sp³-hybridized carbons (Fsp3) is 0.0492. The van der Waals surface area contributed by atoms with Gasteiger partial charge in [-0.05, 0) is 148 Å². The Hall–Kier alpha value is -7.44. The summed E-state index contributed by atoms with van der Waals surface area (Å²) < 4.78 is 5.20. The first-order valence-electron chi connectivity index (χ1n) is 22.6. The maximum absolute atomic E-state index is 3.95.